The van der Waals surface area contributed by atoms with Gasteiger partial charge in [0.1, 0.15) is 5.75 Å². The van der Waals surface area contributed by atoms with Crippen LogP contribution in [0.15, 0.2) is 18.5 Å². The molecule has 0 aliphatic heterocycles. The summed E-state index contributed by atoms with van der Waals surface area (Å²) in [5.74, 6) is -0.421. The first-order valence-electron chi connectivity index (χ1n) is 5.36. The molecule has 0 aromatic carbocycles. The number of carbonyl (C=O) groups excluding carboxylic acids is 1. The normalized spacial score (nSPS) is 10.2. The topological polar surface area (TPSA) is 83.5 Å². The highest BCUT2D eigenvalue weighted by molar-refractivity contribution is 5.96. The van der Waals surface area contributed by atoms with Crippen LogP contribution >= 0.6 is 0 Å². The van der Waals surface area contributed by atoms with Crippen LogP contribution in [0.4, 0.5) is 0 Å². The first kappa shape index (κ1) is 13.4. The summed E-state index contributed by atoms with van der Waals surface area (Å²) in [5, 5.41) is 15.2. The van der Waals surface area contributed by atoms with Gasteiger partial charge in [0.25, 0.3) is 5.91 Å². The van der Waals surface area contributed by atoms with Crippen molar-refractivity contribution in [3.63, 3.8) is 0 Å². The Labute approximate surface area is 100 Å². The van der Waals surface area contributed by atoms with E-state index in [0.29, 0.717) is 19.7 Å². The van der Waals surface area contributed by atoms with Gasteiger partial charge in [-0.1, -0.05) is 0 Å². The van der Waals surface area contributed by atoms with Crippen molar-refractivity contribution in [1.29, 1.82) is 0 Å². The molecule has 1 amide bonds. The first-order valence-corrected chi connectivity index (χ1v) is 5.36. The van der Waals surface area contributed by atoms with E-state index in [1.54, 1.807) is 7.11 Å². The molecule has 0 atom stereocenters. The van der Waals surface area contributed by atoms with Gasteiger partial charge in [-0.3, -0.25) is 9.78 Å². The van der Waals surface area contributed by atoms with Gasteiger partial charge < -0.3 is 20.5 Å². The van der Waals surface area contributed by atoms with Crippen LogP contribution in [0.5, 0.6) is 5.75 Å². The van der Waals surface area contributed by atoms with Gasteiger partial charge in [-0.25, -0.2) is 0 Å². The Hall–Kier alpha value is -1.66. The molecule has 1 rings (SSSR count). The molecule has 0 unspecified atom stereocenters. The Bertz CT molecular complexity index is 358. The minimum Gasteiger partial charge on any atom is -0.505 e. The Morgan fingerprint density at radius 2 is 2.29 bits per heavy atom. The molecule has 0 bridgehead atoms. The fourth-order valence-corrected chi connectivity index (χ4v) is 1.24. The van der Waals surface area contributed by atoms with Crippen LogP contribution in [0.2, 0.25) is 0 Å². The monoisotopic (exact) mass is 239 g/mol. The average molecular weight is 239 g/mol. The Morgan fingerprint density at radius 3 is 3.00 bits per heavy atom. The molecule has 1 heterocycles. The van der Waals surface area contributed by atoms with Crippen molar-refractivity contribution in [3.8, 4) is 5.75 Å². The lowest BCUT2D eigenvalue weighted by molar-refractivity contribution is 0.0951. The van der Waals surface area contributed by atoms with Crippen molar-refractivity contribution in [2.24, 2.45) is 0 Å². The van der Waals surface area contributed by atoms with Gasteiger partial charge in [-0.05, 0) is 6.07 Å². The van der Waals surface area contributed by atoms with E-state index < -0.39 is 0 Å². The van der Waals surface area contributed by atoms with Gasteiger partial charge >= 0.3 is 0 Å². The molecule has 0 spiro atoms. The summed E-state index contributed by atoms with van der Waals surface area (Å²) < 4.78 is 4.86. The van der Waals surface area contributed by atoms with Crippen molar-refractivity contribution in [1.82, 2.24) is 15.6 Å². The molecule has 94 valence electrons. The van der Waals surface area contributed by atoms with E-state index >= 15 is 0 Å². The highest BCUT2D eigenvalue weighted by atomic mass is 16.5. The molecular weight excluding hydrogens is 222 g/mol. The molecule has 0 saturated heterocycles. The van der Waals surface area contributed by atoms with Gasteiger partial charge in [0.2, 0.25) is 0 Å². The summed E-state index contributed by atoms with van der Waals surface area (Å²) in [6, 6.07) is 1.48. The smallest absolute Gasteiger partial charge is 0.255 e. The van der Waals surface area contributed by atoms with Gasteiger partial charge in [0.15, 0.2) is 0 Å². The number of ether oxygens (including phenoxy) is 1. The number of aromatic hydroxyl groups is 1. The fraction of sp³-hybridized carbons (Fsp3) is 0.455. The lowest BCUT2D eigenvalue weighted by Gasteiger charge is -2.07. The van der Waals surface area contributed by atoms with E-state index in [2.05, 4.69) is 15.6 Å². The maximum Gasteiger partial charge on any atom is 0.255 e. The molecule has 1 aromatic rings. The van der Waals surface area contributed by atoms with E-state index in [-0.39, 0.29) is 17.2 Å². The van der Waals surface area contributed by atoms with Crippen LogP contribution < -0.4 is 10.6 Å². The van der Waals surface area contributed by atoms with Crippen molar-refractivity contribution in [2.45, 2.75) is 0 Å². The largest absolute Gasteiger partial charge is 0.505 e. The third kappa shape index (κ3) is 4.80. The molecule has 3 N–H and O–H groups in total. The third-order valence-corrected chi connectivity index (χ3v) is 2.11. The number of pyridine rings is 1. The van der Waals surface area contributed by atoms with Crippen LogP contribution in [0, 0.1) is 0 Å². The van der Waals surface area contributed by atoms with Gasteiger partial charge in [0, 0.05) is 32.9 Å². The molecule has 6 nitrogen and oxygen atoms in total. The maximum atomic E-state index is 11.6. The molecule has 1 aromatic heterocycles. The molecule has 0 aliphatic rings. The van der Waals surface area contributed by atoms with Crippen LogP contribution in [-0.4, -0.2) is 49.3 Å². The van der Waals surface area contributed by atoms with E-state index in [9.17, 15) is 9.90 Å². The number of nitrogens with one attached hydrogen (secondary N) is 2. The van der Waals surface area contributed by atoms with Crippen molar-refractivity contribution < 1.29 is 14.6 Å². The number of nitrogens with zero attached hydrogens (tertiary/aromatic N) is 1. The highest BCUT2D eigenvalue weighted by Gasteiger charge is 2.09. The second-order valence-corrected chi connectivity index (χ2v) is 3.39. The lowest BCUT2D eigenvalue weighted by atomic mass is 10.2. The SMILES string of the molecule is COCCNCCNC(=O)c1ccncc1O. The molecule has 6 heteroatoms. The number of hydrogen-bond acceptors (Lipinski definition) is 5. The molecule has 0 fully saturated rings. The summed E-state index contributed by atoms with van der Waals surface area (Å²) in [6.07, 6.45) is 2.71. The van der Waals surface area contributed by atoms with Crippen LogP contribution in [0.25, 0.3) is 0 Å². The van der Waals surface area contributed by atoms with Gasteiger partial charge in [0.05, 0.1) is 18.4 Å². The quantitative estimate of drug-likeness (QED) is 0.572. The highest BCUT2D eigenvalue weighted by Crippen LogP contribution is 2.12. The zero-order valence-electron chi connectivity index (χ0n) is 9.77. The summed E-state index contributed by atoms with van der Waals surface area (Å²) >= 11 is 0. The van der Waals surface area contributed by atoms with Gasteiger partial charge in [-0.2, -0.15) is 0 Å². The Balaban J connectivity index is 2.24. The van der Waals surface area contributed by atoms with E-state index in [4.69, 9.17) is 4.74 Å². The predicted molar refractivity (Wildman–Crippen MR) is 63.0 cm³/mol. The second-order valence-electron chi connectivity index (χ2n) is 3.39. The van der Waals surface area contributed by atoms with Crippen LogP contribution in [0.3, 0.4) is 0 Å². The van der Waals surface area contributed by atoms with E-state index in [1.165, 1.54) is 18.5 Å². The lowest BCUT2D eigenvalue weighted by Crippen LogP contribution is -2.33. The standard InChI is InChI=1S/C11H17N3O3/c1-17-7-6-12-4-5-14-11(16)9-2-3-13-8-10(9)15/h2-3,8,12,15H,4-7H2,1H3,(H,14,16). The van der Waals surface area contributed by atoms with Crippen LogP contribution in [0.1, 0.15) is 10.4 Å². The first-order chi connectivity index (χ1) is 8.25. The van der Waals surface area contributed by atoms with Crippen molar-refractivity contribution in [3.05, 3.63) is 24.0 Å². The minimum absolute atomic E-state index is 0.114. The fourth-order valence-electron chi connectivity index (χ4n) is 1.24. The van der Waals surface area contributed by atoms with E-state index in [0.717, 1.165) is 6.54 Å². The summed E-state index contributed by atoms with van der Waals surface area (Å²) in [5.41, 5.74) is 0.233. The van der Waals surface area contributed by atoms with Gasteiger partial charge in [-0.15, -0.1) is 0 Å². The number of hydrogen-bond donors (Lipinski definition) is 3. The third-order valence-electron chi connectivity index (χ3n) is 2.11. The van der Waals surface area contributed by atoms with Crippen molar-refractivity contribution >= 4 is 5.91 Å². The molecule has 0 radical (unpaired) electrons. The maximum absolute atomic E-state index is 11.6. The summed E-state index contributed by atoms with van der Waals surface area (Å²) in [4.78, 5) is 15.3. The number of methoxy groups -OCH3 is 1. The van der Waals surface area contributed by atoms with Crippen LogP contribution in [-0.2, 0) is 4.74 Å². The molecular formula is C11H17N3O3. The number of amides is 1. The minimum atomic E-state index is -0.307. The van der Waals surface area contributed by atoms with E-state index in [1.807, 2.05) is 0 Å². The summed E-state index contributed by atoms with van der Waals surface area (Å²) in [7, 11) is 1.63. The molecule has 0 aliphatic carbocycles. The number of rotatable bonds is 7. The number of aromatic nitrogens is 1. The Kier molecular flexibility index (Phi) is 5.98. The molecule has 17 heavy (non-hydrogen) atoms. The zero-order valence-corrected chi connectivity index (χ0v) is 9.77. The predicted octanol–water partition coefficient (Wildman–Crippen LogP) is -0.247. The number of carbonyl (C=O) groups is 1. The average Bonchev–Trinajstić information content (AvgIpc) is 2.34. The van der Waals surface area contributed by atoms with Crippen molar-refractivity contribution in [2.75, 3.05) is 33.4 Å². The second kappa shape index (κ2) is 7.59. The molecule has 0 saturated carbocycles. The Morgan fingerprint density at radius 1 is 1.47 bits per heavy atom. The zero-order chi connectivity index (χ0) is 12.5. The summed E-state index contributed by atoms with van der Waals surface area (Å²) in [6.45, 7) is 2.53.